The first kappa shape index (κ1) is 10.7. The molecule has 1 aliphatic heterocycles. The van der Waals surface area contributed by atoms with Gasteiger partial charge in [-0.15, -0.1) is 0 Å². The third-order valence-electron chi connectivity index (χ3n) is 3.05. The van der Waals surface area contributed by atoms with E-state index in [0.29, 0.717) is 11.7 Å². The highest BCUT2D eigenvalue weighted by Crippen LogP contribution is 2.19. The van der Waals surface area contributed by atoms with Crippen molar-refractivity contribution < 1.29 is 4.79 Å². The minimum Gasteiger partial charge on any atom is -0.316 e. The Labute approximate surface area is 81.1 Å². The van der Waals surface area contributed by atoms with Crippen LogP contribution >= 0.6 is 0 Å². The number of Topliss-reactive ketones (excluding diaryl/α,β-unsaturated/α-hetero) is 1. The second-order valence-electron chi connectivity index (χ2n) is 4.13. The van der Waals surface area contributed by atoms with Crippen molar-refractivity contribution in [1.29, 1.82) is 0 Å². The van der Waals surface area contributed by atoms with Gasteiger partial charge in [-0.1, -0.05) is 26.7 Å². The summed E-state index contributed by atoms with van der Waals surface area (Å²) in [6.45, 7) is 6.34. The summed E-state index contributed by atoms with van der Waals surface area (Å²) in [4.78, 5) is 11.6. The van der Waals surface area contributed by atoms with Crippen LogP contribution in [0.5, 0.6) is 0 Å². The Morgan fingerprint density at radius 3 is 2.62 bits per heavy atom. The Kier molecular flexibility index (Phi) is 4.43. The van der Waals surface area contributed by atoms with Gasteiger partial charge in [-0.3, -0.25) is 4.79 Å². The van der Waals surface area contributed by atoms with Gasteiger partial charge in [0, 0.05) is 12.3 Å². The highest BCUT2D eigenvalue weighted by Gasteiger charge is 2.27. The minimum absolute atomic E-state index is 0.290. The van der Waals surface area contributed by atoms with E-state index >= 15 is 0 Å². The Hall–Kier alpha value is -0.370. The van der Waals surface area contributed by atoms with Gasteiger partial charge in [-0.25, -0.2) is 0 Å². The third-order valence-corrected chi connectivity index (χ3v) is 3.05. The normalized spacial score (nSPS) is 19.5. The summed E-state index contributed by atoms with van der Waals surface area (Å²) in [5.41, 5.74) is 0. The SMILES string of the molecule is CCCCCC(=O)C(C)C1CNC1. The van der Waals surface area contributed by atoms with Gasteiger partial charge in [0.05, 0.1) is 0 Å². The van der Waals surface area contributed by atoms with Crippen molar-refractivity contribution in [3.05, 3.63) is 0 Å². The lowest BCUT2D eigenvalue weighted by Gasteiger charge is -2.31. The van der Waals surface area contributed by atoms with Crippen LogP contribution in [0.25, 0.3) is 0 Å². The molecule has 1 N–H and O–H groups in total. The lowest BCUT2D eigenvalue weighted by molar-refractivity contribution is -0.124. The molecule has 0 bridgehead atoms. The molecule has 0 aromatic rings. The van der Waals surface area contributed by atoms with Crippen LogP contribution in [0.3, 0.4) is 0 Å². The smallest absolute Gasteiger partial charge is 0.136 e. The average molecular weight is 183 g/mol. The van der Waals surface area contributed by atoms with Gasteiger partial charge in [0.25, 0.3) is 0 Å². The molecule has 0 radical (unpaired) electrons. The van der Waals surface area contributed by atoms with Gasteiger partial charge in [0.15, 0.2) is 0 Å². The molecule has 13 heavy (non-hydrogen) atoms. The van der Waals surface area contributed by atoms with Crippen molar-refractivity contribution in [3.8, 4) is 0 Å². The summed E-state index contributed by atoms with van der Waals surface area (Å²) in [6, 6.07) is 0. The number of ketones is 1. The molecule has 1 heterocycles. The first-order valence-corrected chi connectivity index (χ1v) is 5.49. The third kappa shape index (κ3) is 3.11. The molecule has 0 aliphatic carbocycles. The molecule has 1 atom stereocenters. The van der Waals surface area contributed by atoms with E-state index in [0.717, 1.165) is 25.9 Å². The van der Waals surface area contributed by atoms with Gasteiger partial charge >= 0.3 is 0 Å². The van der Waals surface area contributed by atoms with Crippen molar-refractivity contribution in [2.45, 2.75) is 39.5 Å². The zero-order valence-corrected chi connectivity index (χ0v) is 8.81. The van der Waals surface area contributed by atoms with Crippen LogP contribution in [0.4, 0.5) is 0 Å². The Morgan fingerprint density at radius 1 is 1.46 bits per heavy atom. The maximum Gasteiger partial charge on any atom is 0.136 e. The molecule has 1 fully saturated rings. The minimum atomic E-state index is 0.290. The molecule has 0 amide bonds. The van der Waals surface area contributed by atoms with Gasteiger partial charge in [-0.2, -0.15) is 0 Å². The monoisotopic (exact) mass is 183 g/mol. The maximum atomic E-state index is 11.6. The average Bonchev–Trinajstić information content (AvgIpc) is 2.01. The summed E-state index contributed by atoms with van der Waals surface area (Å²) in [5, 5.41) is 3.21. The molecule has 1 saturated heterocycles. The highest BCUT2D eigenvalue weighted by atomic mass is 16.1. The van der Waals surface area contributed by atoms with Gasteiger partial charge in [-0.05, 0) is 25.4 Å². The molecule has 76 valence electrons. The Balaban J connectivity index is 2.13. The van der Waals surface area contributed by atoms with Crippen molar-refractivity contribution in [3.63, 3.8) is 0 Å². The summed E-state index contributed by atoms with van der Waals surface area (Å²) in [7, 11) is 0. The lowest BCUT2D eigenvalue weighted by atomic mass is 9.84. The number of unbranched alkanes of at least 4 members (excludes halogenated alkanes) is 2. The van der Waals surface area contributed by atoms with Crippen molar-refractivity contribution in [2.24, 2.45) is 11.8 Å². The Bertz CT molecular complexity index is 163. The predicted octanol–water partition coefficient (Wildman–Crippen LogP) is 1.99. The number of hydrogen-bond acceptors (Lipinski definition) is 2. The quantitative estimate of drug-likeness (QED) is 0.638. The van der Waals surface area contributed by atoms with E-state index in [4.69, 9.17) is 0 Å². The van der Waals surface area contributed by atoms with Crippen LogP contribution in [0.1, 0.15) is 39.5 Å². The van der Waals surface area contributed by atoms with E-state index in [9.17, 15) is 4.79 Å². The van der Waals surface area contributed by atoms with Crippen LogP contribution < -0.4 is 5.32 Å². The Morgan fingerprint density at radius 2 is 2.15 bits per heavy atom. The van der Waals surface area contributed by atoms with Crippen LogP contribution in [0.15, 0.2) is 0 Å². The zero-order chi connectivity index (χ0) is 9.68. The largest absolute Gasteiger partial charge is 0.316 e. The molecule has 0 aromatic heterocycles. The van der Waals surface area contributed by atoms with E-state index in [1.54, 1.807) is 0 Å². The fourth-order valence-electron chi connectivity index (χ4n) is 1.70. The maximum absolute atomic E-state index is 11.6. The fraction of sp³-hybridized carbons (Fsp3) is 0.909. The molecule has 2 nitrogen and oxygen atoms in total. The number of rotatable bonds is 6. The second kappa shape index (κ2) is 5.38. The van der Waals surface area contributed by atoms with E-state index in [2.05, 4.69) is 19.2 Å². The molecule has 0 spiro atoms. The molecule has 0 aromatic carbocycles. The van der Waals surface area contributed by atoms with E-state index in [1.165, 1.54) is 12.8 Å². The van der Waals surface area contributed by atoms with Crippen LogP contribution in [-0.2, 0) is 4.79 Å². The first-order valence-electron chi connectivity index (χ1n) is 5.49. The van der Waals surface area contributed by atoms with Gasteiger partial charge in [0.2, 0.25) is 0 Å². The zero-order valence-electron chi connectivity index (χ0n) is 8.81. The molecule has 2 heteroatoms. The van der Waals surface area contributed by atoms with E-state index < -0.39 is 0 Å². The van der Waals surface area contributed by atoms with Crippen LogP contribution in [0.2, 0.25) is 0 Å². The van der Waals surface area contributed by atoms with Crippen molar-refractivity contribution in [2.75, 3.05) is 13.1 Å². The first-order chi connectivity index (χ1) is 6.25. The molecular formula is C11H21NO. The van der Waals surface area contributed by atoms with E-state index in [1.807, 2.05) is 0 Å². The number of hydrogen-bond donors (Lipinski definition) is 1. The summed E-state index contributed by atoms with van der Waals surface area (Å²) in [5.74, 6) is 1.38. The molecule has 1 rings (SSSR count). The topological polar surface area (TPSA) is 29.1 Å². The predicted molar refractivity (Wildman–Crippen MR) is 54.7 cm³/mol. The summed E-state index contributed by atoms with van der Waals surface area (Å²) in [6.07, 6.45) is 4.28. The van der Waals surface area contributed by atoms with Crippen molar-refractivity contribution >= 4 is 5.78 Å². The second-order valence-corrected chi connectivity index (χ2v) is 4.13. The number of nitrogens with one attached hydrogen (secondary N) is 1. The summed E-state index contributed by atoms with van der Waals surface area (Å²) < 4.78 is 0. The van der Waals surface area contributed by atoms with Crippen molar-refractivity contribution in [1.82, 2.24) is 5.32 Å². The van der Waals surface area contributed by atoms with Crippen LogP contribution in [0, 0.1) is 11.8 Å². The number of carbonyl (C=O) groups is 1. The molecule has 0 saturated carbocycles. The van der Waals surface area contributed by atoms with Gasteiger partial charge < -0.3 is 5.32 Å². The molecular weight excluding hydrogens is 162 g/mol. The number of carbonyl (C=O) groups excluding carboxylic acids is 1. The lowest BCUT2D eigenvalue weighted by Crippen LogP contribution is -2.47. The van der Waals surface area contributed by atoms with Gasteiger partial charge in [0.1, 0.15) is 5.78 Å². The van der Waals surface area contributed by atoms with E-state index in [-0.39, 0.29) is 5.92 Å². The summed E-state index contributed by atoms with van der Waals surface area (Å²) >= 11 is 0. The molecule has 1 aliphatic rings. The standard InChI is InChI=1S/C11H21NO/c1-3-4-5-6-11(13)9(2)10-7-12-8-10/h9-10,12H,3-8H2,1-2H3. The molecule has 1 unspecified atom stereocenters. The van der Waals surface area contributed by atoms with Crippen LogP contribution in [-0.4, -0.2) is 18.9 Å². The highest BCUT2D eigenvalue weighted by molar-refractivity contribution is 5.81. The fourth-order valence-corrected chi connectivity index (χ4v) is 1.70.